The molecule has 202 valence electrons. The van der Waals surface area contributed by atoms with Crippen molar-refractivity contribution in [2.75, 3.05) is 32.1 Å². The van der Waals surface area contributed by atoms with Gasteiger partial charge in [0.1, 0.15) is 16.5 Å². The number of likely N-dealkylation sites (tertiary alicyclic amines) is 1. The Morgan fingerprint density at radius 3 is 2.68 bits per heavy atom. The molecule has 0 radical (unpaired) electrons. The van der Waals surface area contributed by atoms with E-state index in [2.05, 4.69) is 14.9 Å². The van der Waals surface area contributed by atoms with Crippen LogP contribution in [0.4, 0.5) is 10.1 Å². The standard InChI is InChI=1S/C27H31FN4O5S/c1-17-11-20(7-10-22(17)28)29-26(33)24-25-23(14-31(24)3)38(34,35)30-27(2)16-32(13-19(27)15-37-25)12-18-5-8-21(36-4)9-6-18/h5-11,14,19,30H,12-13,15-16H2,1-4H3,(H,29,33). The number of hydrogen-bond donors (Lipinski definition) is 2. The van der Waals surface area contributed by atoms with E-state index < -0.39 is 21.5 Å². The molecule has 9 nitrogen and oxygen atoms in total. The minimum Gasteiger partial charge on any atom is -0.497 e. The first-order chi connectivity index (χ1) is 18.0. The second-order valence-corrected chi connectivity index (χ2v) is 11.9. The molecule has 1 amide bonds. The van der Waals surface area contributed by atoms with Crippen LogP contribution in [0, 0.1) is 18.7 Å². The summed E-state index contributed by atoms with van der Waals surface area (Å²) in [6.07, 6.45) is 1.39. The van der Waals surface area contributed by atoms with Crippen LogP contribution in [0.1, 0.15) is 28.5 Å². The van der Waals surface area contributed by atoms with Crippen molar-refractivity contribution in [2.45, 2.75) is 30.8 Å². The molecule has 0 saturated carbocycles. The van der Waals surface area contributed by atoms with Gasteiger partial charge in [-0.2, -0.15) is 0 Å². The number of aromatic nitrogens is 1. The molecule has 1 saturated heterocycles. The summed E-state index contributed by atoms with van der Waals surface area (Å²) in [5, 5.41) is 2.72. The number of sulfonamides is 1. The van der Waals surface area contributed by atoms with Gasteiger partial charge < -0.3 is 19.4 Å². The maximum Gasteiger partial charge on any atom is 0.276 e. The Kier molecular flexibility index (Phi) is 6.70. The number of halogens is 1. The van der Waals surface area contributed by atoms with Gasteiger partial charge in [0.05, 0.1) is 19.3 Å². The van der Waals surface area contributed by atoms with Crippen LogP contribution in [0.3, 0.4) is 0 Å². The lowest BCUT2D eigenvalue weighted by molar-refractivity contribution is 0.101. The van der Waals surface area contributed by atoms with E-state index >= 15 is 0 Å². The number of carbonyl (C=O) groups is 1. The molecule has 2 atom stereocenters. The van der Waals surface area contributed by atoms with Crippen molar-refractivity contribution in [3.05, 3.63) is 71.3 Å². The Hall–Kier alpha value is -3.41. The van der Waals surface area contributed by atoms with Crippen molar-refractivity contribution in [1.29, 1.82) is 0 Å². The number of aryl methyl sites for hydroxylation is 2. The van der Waals surface area contributed by atoms with Gasteiger partial charge in [-0.15, -0.1) is 0 Å². The van der Waals surface area contributed by atoms with Crippen molar-refractivity contribution in [2.24, 2.45) is 13.0 Å². The molecule has 3 aromatic rings. The van der Waals surface area contributed by atoms with Crippen LogP contribution >= 0.6 is 0 Å². The van der Waals surface area contributed by atoms with Crippen molar-refractivity contribution in [3.8, 4) is 11.5 Å². The molecule has 2 N–H and O–H groups in total. The van der Waals surface area contributed by atoms with Crippen LogP contribution in [-0.4, -0.2) is 56.1 Å². The van der Waals surface area contributed by atoms with Gasteiger partial charge in [0, 0.05) is 44.5 Å². The molecule has 2 unspecified atom stereocenters. The molecule has 38 heavy (non-hydrogen) atoms. The Labute approximate surface area is 221 Å². The van der Waals surface area contributed by atoms with Gasteiger partial charge in [-0.05, 0) is 55.3 Å². The van der Waals surface area contributed by atoms with E-state index in [1.807, 2.05) is 31.2 Å². The molecule has 2 aliphatic heterocycles. The summed E-state index contributed by atoms with van der Waals surface area (Å²) in [6, 6.07) is 12.0. The summed E-state index contributed by atoms with van der Waals surface area (Å²) in [5.41, 5.74) is 1.18. The highest BCUT2D eigenvalue weighted by atomic mass is 32.2. The first kappa shape index (κ1) is 26.2. The molecule has 11 heteroatoms. The van der Waals surface area contributed by atoms with Crippen molar-refractivity contribution in [3.63, 3.8) is 0 Å². The highest BCUT2D eigenvalue weighted by Gasteiger charge is 2.48. The fourth-order valence-electron chi connectivity index (χ4n) is 5.26. The molecule has 5 rings (SSSR count). The quantitative estimate of drug-likeness (QED) is 0.513. The minimum atomic E-state index is -4.01. The summed E-state index contributed by atoms with van der Waals surface area (Å²) in [4.78, 5) is 15.3. The molecule has 0 aliphatic carbocycles. The lowest BCUT2D eigenvalue weighted by Crippen LogP contribution is -2.54. The van der Waals surface area contributed by atoms with Crippen LogP contribution in [0.25, 0.3) is 0 Å². The Balaban J connectivity index is 1.39. The van der Waals surface area contributed by atoms with Gasteiger partial charge in [-0.1, -0.05) is 12.1 Å². The highest BCUT2D eigenvalue weighted by Crippen LogP contribution is 2.38. The van der Waals surface area contributed by atoms with E-state index in [1.165, 1.54) is 29.0 Å². The smallest absolute Gasteiger partial charge is 0.276 e. The maximum absolute atomic E-state index is 13.7. The third kappa shape index (κ3) is 4.89. The van der Waals surface area contributed by atoms with Crippen LogP contribution in [-0.2, 0) is 23.6 Å². The average molecular weight is 543 g/mol. The monoisotopic (exact) mass is 542 g/mol. The number of ether oxygens (including phenoxy) is 2. The summed E-state index contributed by atoms with van der Waals surface area (Å²) in [5.74, 6) is -0.303. The molecule has 1 aromatic heterocycles. The number of hydrogen-bond acceptors (Lipinski definition) is 6. The molecule has 2 aliphatic rings. The van der Waals surface area contributed by atoms with Gasteiger partial charge in [0.2, 0.25) is 10.0 Å². The lowest BCUT2D eigenvalue weighted by atomic mass is 9.91. The van der Waals surface area contributed by atoms with Crippen LogP contribution in [0.15, 0.2) is 53.6 Å². The molecular weight excluding hydrogens is 511 g/mol. The second kappa shape index (κ2) is 9.72. The lowest BCUT2D eigenvalue weighted by Gasteiger charge is -2.33. The normalized spacial score (nSPS) is 22.5. The SMILES string of the molecule is COc1ccc(CN2CC3COc4c(cn(C)c4C(=O)Nc4ccc(F)c(C)c4)S(=O)(=O)NC3(C)C2)cc1. The van der Waals surface area contributed by atoms with E-state index in [1.54, 1.807) is 21.1 Å². The third-order valence-electron chi connectivity index (χ3n) is 7.32. The Morgan fingerprint density at radius 1 is 1.26 bits per heavy atom. The van der Waals surface area contributed by atoms with Gasteiger partial charge in [0.15, 0.2) is 11.4 Å². The predicted octanol–water partition coefficient (Wildman–Crippen LogP) is 3.29. The van der Waals surface area contributed by atoms with Gasteiger partial charge in [-0.3, -0.25) is 9.69 Å². The molecule has 2 aromatic carbocycles. The molecule has 0 bridgehead atoms. The molecule has 1 fully saturated rings. The topological polar surface area (TPSA) is 102 Å². The Morgan fingerprint density at radius 2 is 2.00 bits per heavy atom. The van der Waals surface area contributed by atoms with Gasteiger partial charge >= 0.3 is 0 Å². The van der Waals surface area contributed by atoms with Crippen LogP contribution in [0.5, 0.6) is 11.5 Å². The van der Waals surface area contributed by atoms with E-state index in [0.717, 1.165) is 11.3 Å². The van der Waals surface area contributed by atoms with Crippen LogP contribution < -0.4 is 19.5 Å². The first-order valence-electron chi connectivity index (χ1n) is 12.3. The number of methoxy groups -OCH3 is 1. The fraction of sp³-hybridized carbons (Fsp3) is 0.370. The summed E-state index contributed by atoms with van der Waals surface area (Å²) >= 11 is 0. The molecule has 3 heterocycles. The number of anilines is 1. The van der Waals surface area contributed by atoms with Gasteiger partial charge in [0.25, 0.3) is 5.91 Å². The fourth-order valence-corrected chi connectivity index (χ4v) is 6.91. The second-order valence-electron chi connectivity index (χ2n) is 10.2. The third-order valence-corrected chi connectivity index (χ3v) is 8.92. The maximum atomic E-state index is 13.7. The van der Waals surface area contributed by atoms with Crippen molar-refractivity contribution >= 4 is 21.6 Å². The van der Waals surface area contributed by atoms with Crippen molar-refractivity contribution in [1.82, 2.24) is 14.2 Å². The van der Waals surface area contributed by atoms with E-state index in [4.69, 9.17) is 9.47 Å². The summed E-state index contributed by atoms with van der Waals surface area (Å²) in [7, 11) is -0.797. The highest BCUT2D eigenvalue weighted by molar-refractivity contribution is 7.89. The largest absolute Gasteiger partial charge is 0.497 e. The number of rotatable bonds is 5. The Bertz CT molecular complexity index is 1490. The van der Waals surface area contributed by atoms with Crippen molar-refractivity contribution < 1.29 is 27.1 Å². The summed E-state index contributed by atoms with van der Waals surface area (Å²) in [6.45, 7) is 5.49. The molecule has 0 spiro atoms. The van der Waals surface area contributed by atoms with E-state index in [9.17, 15) is 17.6 Å². The van der Waals surface area contributed by atoms with Crippen LogP contribution in [0.2, 0.25) is 0 Å². The van der Waals surface area contributed by atoms with Gasteiger partial charge in [-0.25, -0.2) is 17.5 Å². The zero-order valence-electron chi connectivity index (χ0n) is 21.7. The average Bonchev–Trinajstić information content (AvgIpc) is 3.35. The minimum absolute atomic E-state index is 0.00647. The zero-order chi connectivity index (χ0) is 27.2. The number of benzene rings is 2. The van der Waals surface area contributed by atoms with E-state index in [0.29, 0.717) is 30.9 Å². The number of carbonyl (C=O) groups excluding carboxylic acids is 1. The summed E-state index contributed by atoms with van der Waals surface area (Å²) < 4.78 is 56.5. The number of amides is 1. The zero-order valence-corrected chi connectivity index (χ0v) is 22.6. The number of fused-ring (bicyclic) bond motifs is 2. The van der Waals surface area contributed by atoms with E-state index in [-0.39, 0.29) is 34.7 Å². The number of nitrogens with zero attached hydrogens (tertiary/aromatic N) is 2. The predicted molar refractivity (Wildman–Crippen MR) is 140 cm³/mol. The molecular formula is C27H31FN4O5S. The number of nitrogens with one attached hydrogen (secondary N) is 2. The first-order valence-corrected chi connectivity index (χ1v) is 13.8.